The Morgan fingerprint density at radius 2 is 1.78 bits per heavy atom. The van der Waals surface area contributed by atoms with Gasteiger partial charge >= 0.3 is 6.01 Å². The minimum absolute atomic E-state index is 0.155. The summed E-state index contributed by atoms with van der Waals surface area (Å²) in [5.74, 6) is 1.67. The van der Waals surface area contributed by atoms with Crippen molar-refractivity contribution in [2.24, 2.45) is 0 Å². The SMILES string of the molecule is CCCOc1nc(Oc2ccc3c(c2)CCC3)nc2oc(-c3cc(C)c(O)c(C)c3)nc12. The molecule has 0 amide bonds. The molecule has 164 valence electrons. The minimum atomic E-state index is 0.155. The average Bonchev–Trinajstić information content (AvgIpc) is 3.42. The van der Waals surface area contributed by atoms with Crippen LogP contribution < -0.4 is 9.47 Å². The lowest BCUT2D eigenvalue weighted by Gasteiger charge is -2.08. The number of benzene rings is 2. The van der Waals surface area contributed by atoms with E-state index in [1.165, 1.54) is 17.5 Å². The van der Waals surface area contributed by atoms with Crippen LogP contribution >= 0.6 is 0 Å². The zero-order chi connectivity index (χ0) is 22.2. The minimum Gasteiger partial charge on any atom is -0.507 e. The Labute approximate surface area is 186 Å². The predicted molar refractivity (Wildman–Crippen MR) is 121 cm³/mol. The van der Waals surface area contributed by atoms with Gasteiger partial charge in [-0.2, -0.15) is 9.97 Å². The Kier molecular flexibility index (Phi) is 5.17. The first-order valence-corrected chi connectivity index (χ1v) is 10.9. The molecule has 7 heteroatoms. The number of hydrogen-bond donors (Lipinski definition) is 1. The summed E-state index contributed by atoms with van der Waals surface area (Å²) in [5, 5.41) is 10.1. The lowest BCUT2D eigenvalue weighted by molar-refractivity contribution is 0.302. The van der Waals surface area contributed by atoms with E-state index in [2.05, 4.69) is 27.1 Å². The van der Waals surface area contributed by atoms with Crippen LogP contribution in [-0.2, 0) is 12.8 Å². The van der Waals surface area contributed by atoms with E-state index < -0.39 is 0 Å². The van der Waals surface area contributed by atoms with Crippen LogP contribution in [0.15, 0.2) is 34.7 Å². The van der Waals surface area contributed by atoms with Crippen molar-refractivity contribution < 1.29 is 19.0 Å². The first kappa shape index (κ1) is 20.3. The summed E-state index contributed by atoms with van der Waals surface area (Å²) in [7, 11) is 0. The number of aryl methyl sites for hydroxylation is 4. The summed E-state index contributed by atoms with van der Waals surface area (Å²) in [6, 6.07) is 9.91. The second-order valence-corrected chi connectivity index (χ2v) is 8.18. The van der Waals surface area contributed by atoms with E-state index in [1.807, 2.05) is 39.0 Å². The van der Waals surface area contributed by atoms with Crippen molar-refractivity contribution in [3.05, 3.63) is 52.6 Å². The Morgan fingerprint density at radius 3 is 2.56 bits per heavy atom. The second-order valence-electron chi connectivity index (χ2n) is 8.18. The van der Waals surface area contributed by atoms with E-state index in [-0.39, 0.29) is 11.8 Å². The van der Waals surface area contributed by atoms with Gasteiger partial charge in [-0.3, -0.25) is 0 Å². The van der Waals surface area contributed by atoms with Crippen LogP contribution in [0, 0.1) is 13.8 Å². The predicted octanol–water partition coefficient (Wildman–Crippen LogP) is 5.68. The van der Waals surface area contributed by atoms with Gasteiger partial charge in [-0.15, -0.1) is 0 Å². The molecule has 7 nitrogen and oxygen atoms in total. The number of aromatic nitrogens is 3. The van der Waals surface area contributed by atoms with E-state index in [4.69, 9.17) is 13.9 Å². The molecule has 0 unspecified atom stereocenters. The van der Waals surface area contributed by atoms with Crippen LogP contribution in [0.2, 0.25) is 0 Å². The molecule has 5 rings (SSSR count). The molecular weight excluding hydrogens is 406 g/mol. The molecule has 32 heavy (non-hydrogen) atoms. The number of nitrogens with zero attached hydrogens (tertiary/aromatic N) is 3. The summed E-state index contributed by atoms with van der Waals surface area (Å²) < 4.78 is 17.8. The molecule has 0 bridgehead atoms. The van der Waals surface area contributed by atoms with Gasteiger partial charge in [-0.1, -0.05) is 13.0 Å². The smallest absolute Gasteiger partial charge is 0.328 e. The Bertz CT molecular complexity index is 1290. The van der Waals surface area contributed by atoms with Crippen molar-refractivity contribution in [2.45, 2.75) is 46.5 Å². The molecule has 0 fully saturated rings. The molecule has 1 aliphatic rings. The zero-order valence-electron chi connectivity index (χ0n) is 18.4. The van der Waals surface area contributed by atoms with Crippen LogP contribution in [0.25, 0.3) is 22.7 Å². The monoisotopic (exact) mass is 431 g/mol. The zero-order valence-corrected chi connectivity index (χ0v) is 18.4. The van der Waals surface area contributed by atoms with Crippen LogP contribution in [-0.4, -0.2) is 26.7 Å². The van der Waals surface area contributed by atoms with E-state index in [9.17, 15) is 5.11 Å². The van der Waals surface area contributed by atoms with Crippen molar-refractivity contribution in [3.8, 4) is 34.8 Å². The van der Waals surface area contributed by atoms with E-state index in [0.717, 1.165) is 36.0 Å². The Morgan fingerprint density at radius 1 is 1.00 bits per heavy atom. The molecule has 1 aliphatic carbocycles. The topological polar surface area (TPSA) is 90.5 Å². The van der Waals surface area contributed by atoms with Gasteiger partial charge in [-0.25, -0.2) is 4.98 Å². The van der Waals surface area contributed by atoms with Gasteiger partial charge < -0.3 is 19.0 Å². The van der Waals surface area contributed by atoms with Crippen LogP contribution in [0.3, 0.4) is 0 Å². The molecular formula is C25H25N3O4. The number of aromatic hydroxyl groups is 1. The van der Waals surface area contributed by atoms with Crippen LogP contribution in [0.1, 0.15) is 42.0 Å². The number of fused-ring (bicyclic) bond motifs is 2. The number of hydrogen-bond acceptors (Lipinski definition) is 7. The average molecular weight is 431 g/mol. The summed E-state index contributed by atoms with van der Waals surface area (Å²) in [6.45, 7) is 6.19. The van der Waals surface area contributed by atoms with Crippen molar-refractivity contribution >= 4 is 11.2 Å². The lowest BCUT2D eigenvalue weighted by atomic mass is 10.1. The molecule has 0 radical (unpaired) electrons. The highest BCUT2D eigenvalue weighted by Crippen LogP contribution is 2.34. The van der Waals surface area contributed by atoms with Gasteiger partial charge in [0.25, 0.3) is 11.6 Å². The third kappa shape index (κ3) is 3.75. The third-order valence-corrected chi connectivity index (χ3v) is 5.67. The molecule has 0 saturated carbocycles. The van der Waals surface area contributed by atoms with Gasteiger partial charge in [-0.05, 0) is 86.1 Å². The van der Waals surface area contributed by atoms with E-state index in [1.54, 1.807) is 0 Å². The number of rotatable bonds is 6. The third-order valence-electron chi connectivity index (χ3n) is 5.67. The summed E-state index contributed by atoms with van der Waals surface area (Å²) in [6.07, 6.45) is 4.18. The van der Waals surface area contributed by atoms with Crippen molar-refractivity contribution in [1.29, 1.82) is 0 Å². The fourth-order valence-corrected chi connectivity index (χ4v) is 4.04. The van der Waals surface area contributed by atoms with Gasteiger partial charge in [0.2, 0.25) is 5.89 Å². The number of ether oxygens (including phenoxy) is 2. The normalized spacial score (nSPS) is 12.8. The van der Waals surface area contributed by atoms with Crippen molar-refractivity contribution in [3.63, 3.8) is 0 Å². The number of oxazole rings is 1. The van der Waals surface area contributed by atoms with Gasteiger partial charge in [0, 0.05) is 5.56 Å². The maximum Gasteiger partial charge on any atom is 0.328 e. The molecule has 1 N–H and O–H groups in total. The van der Waals surface area contributed by atoms with E-state index in [0.29, 0.717) is 35.4 Å². The number of phenolic OH excluding ortho intramolecular Hbond substituents is 1. The summed E-state index contributed by atoms with van der Waals surface area (Å²) in [5.41, 5.74) is 5.66. The molecule has 0 aliphatic heterocycles. The fourth-order valence-electron chi connectivity index (χ4n) is 4.04. The summed E-state index contributed by atoms with van der Waals surface area (Å²) >= 11 is 0. The highest BCUT2D eigenvalue weighted by molar-refractivity contribution is 5.78. The van der Waals surface area contributed by atoms with Crippen molar-refractivity contribution in [2.75, 3.05) is 6.61 Å². The van der Waals surface area contributed by atoms with E-state index >= 15 is 0 Å². The summed E-state index contributed by atoms with van der Waals surface area (Å²) in [4.78, 5) is 13.5. The molecule has 0 spiro atoms. The molecule has 2 heterocycles. The molecule has 0 atom stereocenters. The maximum atomic E-state index is 10.1. The van der Waals surface area contributed by atoms with Gasteiger partial charge in [0.1, 0.15) is 11.5 Å². The fraction of sp³-hybridized carbons (Fsp3) is 0.320. The quantitative estimate of drug-likeness (QED) is 0.420. The van der Waals surface area contributed by atoms with Crippen molar-refractivity contribution in [1.82, 2.24) is 15.0 Å². The largest absolute Gasteiger partial charge is 0.507 e. The second kappa shape index (κ2) is 8.15. The molecule has 2 aromatic carbocycles. The van der Waals surface area contributed by atoms with Gasteiger partial charge in [0.15, 0.2) is 5.52 Å². The first-order chi connectivity index (χ1) is 15.5. The van der Waals surface area contributed by atoms with Crippen LogP contribution in [0.5, 0.6) is 23.4 Å². The van der Waals surface area contributed by atoms with Gasteiger partial charge in [0.05, 0.1) is 6.61 Å². The molecule has 0 saturated heterocycles. The number of phenols is 1. The highest BCUT2D eigenvalue weighted by Gasteiger charge is 2.20. The standard InChI is InChI=1S/C25H25N3O4/c1-4-10-30-23-20-24(32-22(26-20)18-11-14(2)21(29)15(3)12-18)28-25(27-23)31-19-9-8-16-6-5-7-17(16)13-19/h8-9,11-13,29H,4-7,10H2,1-3H3. The molecule has 4 aromatic rings. The highest BCUT2D eigenvalue weighted by atomic mass is 16.5. The maximum absolute atomic E-state index is 10.1. The first-order valence-electron chi connectivity index (χ1n) is 10.9. The molecule has 2 aromatic heterocycles. The van der Waals surface area contributed by atoms with Crippen LogP contribution in [0.4, 0.5) is 0 Å². The Balaban J connectivity index is 1.55. The Hall–Kier alpha value is -3.61. The lowest BCUT2D eigenvalue weighted by Crippen LogP contribution is -2.01.